The van der Waals surface area contributed by atoms with Crippen LogP contribution >= 0.6 is 0 Å². The van der Waals surface area contributed by atoms with Gasteiger partial charge >= 0.3 is 5.69 Å². The predicted molar refractivity (Wildman–Crippen MR) is 82.9 cm³/mol. The van der Waals surface area contributed by atoms with Crippen molar-refractivity contribution in [3.63, 3.8) is 0 Å². The van der Waals surface area contributed by atoms with E-state index in [-0.39, 0.29) is 24.2 Å². The molecule has 2 aromatic rings. The third-order valence-electron chi connectivity index (χ3n) is 3.94. The van der Waals surface area contributed by atoms with Crippen molar-refractivity contribution in [1.29, 1.82) is 0 Å². The normalized spacial score (nSPS) is 12.2. The van der Waals surface area contributed by atoms with Crippen molar-refractivity contribution in [1.82, 2.24) is 24.9 Å². The minimum absolute atomic E-state index is 0.0473. The number of hydrogen-bond acceptors (Lipinski definition) is 5. The van der Waals surface area contributed by atoms with Gasteiger partial charge in [-0.3, -0.25) is 24.3 Å². The van der Waals surface area contributed by atoms with Gasteiger partial charge in [0.25, 0.3) is 0 Å². The lowest BCUT2D eigenvalue weighted by molar-refractivity contribution is -0.386. The van der Waals surface area contributed by atoms with Crippen LogP contribution in [0.3, 0.4) is 0 Å². The monoisotopic (exact) mass is 320 g/mol. The quantitative estimate of drug-likeness (QED) is 0.660. The zero-order valence-corrected chi connectivity index (χ0v) is 13.8. The molecule has 1 unspecified atom stereocenters. The molecule has 0 aliphatic carbocycles. The fourth-order valence-electron chi connectivity index (χ4n) is 2.55. The number of rotatable bonds is 5. The van der Waals surface area contributed by atoms with Crippen molar-refractivity contribution in [2.75, 3.05) is 0 Å². The first-order chi connectivity index (χ1) is 10.7. The van der Waals surface area contributed by atoms with Crippen molar-refractivity contribution in [2.45, 2.75) is 40.3 Å². The Balaban J connectivity index is 2.10. The summed E-state index contributed by atoms with van der Waals surface area (Å²) in [5.74, 6) is -0.263. The van der Waals surface area contributed by atoms with E-state index in [4.69, 9.17) is 0 Å². The summed E-state index contributed by atoms with van der Waals surface area (Å²) >= 11 is 0. The van der Waals surface area contributed by atoms with E-state index in [1.54, 1.807) is 24.7 Å². The Bertz CT molecular complexity index is 761. The molecule has 2 heterocycles. The molecule has 0 aliphatic heterocycles. The van der Waals surface area contributed by atoms with Crippen molar-refractivity contribution in [2.24, 2.45) is 7.05 Å². The van der Waals surface area contributed by atoms with Gasteiger partial charge < -0.3 is 5.32 Å². The van der Waals surface area contributed by atoms with Gasteiger partial charge in [0.1, 0.15) is 17.9 Å². The number of nitrogens with one attached hydrogen (secondary N) is 1. The molecular formula is C14H20N6O3. The zero-order chi connectivity index (χ0) is 17.3. The molecule has 0 saturated carbocycles. The molecule has 0 aliphatic rings. The summed E-state index contributed by atoms with van der Waals surface area (Å²) in [6.45, 7) is 6.87. The Morgan fingerprint density at radius 1 is 1.39 bits per heavy atom. The minimum Gasteiger partial charge on any atom is -0.348 e. The Kier molecular flexibility index (Phi) is 4.48. The van der Waals surface area contributed by atoms with E-state index in [2.05, 4.69) is 15.5 Å². The predicted octanol–water partition coefficient (Wildman–Crippen LogP) is 1.33. The number of carbonyl (C=O) groups is 1. The maximum absolute atomic E-state index is 12.2. The summed E-state index contributed by atoms with van der Waals surface area (Å²) in [6, 6.07) is -0.205. The minimum atomic E-state index is -0.478. The van der Waals surface area contributed by atoms with Crippen LogP contribution in [0, 0.1) is 30.9 Å². The lowest BCUT2D eigenvalue weighted by Gasteiger charge is -2.14. The first-order valence-electron chi connectivity index (χ1n) is 7.18. The van der Waals surface area contributed by atoms with Gasteiger partial charge in [0.2, 0.25) is 5.91 Å². The Morgan fingerprint density at radius 3 is 2.52 bits per heavy atom. The van der Waals surface area contributed by atoms with Gasteiger partial charge in [0.15, 0.2) is 0 Å². The van der Waals surface area contributed by atoms with Gasteiger partial charge in [-0.2, -0.15) is 10.2 Å². The average Bonchev–Trinajstić information content (AvgIpc) is 2.91. The summed E-state index contributed by atoms with van der Waals surface area (Å²) in [7, 11) is 1.84. The maximum Gasteiger partial charge on any atom is 0.312 e. The van der Waals surface area contributed by atoms with Crippen molar-refractivity contribution in [3.05, 3.63) is 39.0 Å². The molecule has 1 amide bonds. The average molecular weight is 320 g/mol. The summed E-state index contributed by atoms with van der Waals surface area (Å²) in [5.41, 5.74) is 2.53. The number of nitro groups is 1. The number of amides is 1. The first kappa shape index (κ1) is 16.7. The molecule has 23 heavy (non-hydrogen) atoms. The summed E-state index contributed by atoms with van der Waals surface area (Å²) in [6.07, 6.45) is 1.72. The highest BCUT2D eigenvalue weighted by atomic mass is 16.6. The maximum atomic E-state index is 12.2. The van der Waals surface area contributed by atoms with Crippen LogP contribution in [-0.4, -0.2) is 30.4 Å². The Hall–Kier alpha value is -2.71. The van der Waals surface area contributed by atoms with Crippen LogP contribution < -0.4 is 5.32 Å². The van der Waals surface area contributed by atoms with Crippen LogP contribution in [0.25, 0.3) is 0 Å². The summed E-state index contributed by atoms with van der Waals surface area (Å²) in [5, 5.41) is 22.1. The largest absolute Gasteiger partial charge is 0.348 e. The summed E-state index contributed by atoms with van der Waals surface area (Å²) < 4.78 is 3.09. The van der Waals surface area contributed by atoms with Gasteiger partial charge in [-0.15, -0.1) is 0 Å². The SMILES string of the molecule is Cc1nn(CC(=O)NC(C)c2cnn(C)c2C)c(C)c1[N+](=O)[O-]. The second kappa shape index (κ2) is 6.19. The second-order valence-electron chi connectivity index (χ2n) is 5.53. The number of aromatic nitrogens is 4. The van der Waals surface area contributed by atoms with Gasteiger partial charge in [0.05, 0.1) is 17.2 Å². The molecule has 0 saturated heterocycles. The highest BCUT2D eigenvalue weighted by molar-refractivity contribution is 5.76. The van der Waals surface area contributed by atoms with Crippen molar-refractivity contribution < 1.29 is 9.72 Å². The van der Waals surface area contributed by atoms with Crippen LogP contribution in [0.2, 0.25) is 0 Å². The third-order valence-corrected chi connectivity index (χ3v) is 3.94. The van der Waals surface area contributed by atoms with Crippen LogP contribution in [0.15, 0.2) is 6.20 Å². The topological polar surface area (TPSA) is 108 Å². The molecule has 1 atom stereocenters. The molecular weight excluding hydrogens is 300 g/mol. The van der Waals surface area contributed by atoms with E-state index in [1.165, 1.54) is 4.68 Å². The van der Waals surface area contributed by atoms with E-state index in [1.807, 2.05) is 20.9 Å². The smallest absolute Gasteiger partial charge is 0.312 e. The van der Waals surface area contributed by atoms with Gasteiger partial charge in [-0.25, -0.2) is 0 Å². The Morgan fingerprint density at radius 2 is 2.04 bits per heavy atom. The molecule has 2 rings (SSSR count). The molecule has 0 aromatic carbocycles. The molecule has 0 bridgehead atoms. The number of carbonyl (C=O) groups excluding carboxylic acids is 1. The molecule has 9 heteroatoms. The van der Waals surface area contributed by atoms with Gasteiger partial charge in [-0.05, 0) is 27.7 Å². The van der Waals surface area contributed by atoms with E-state index >= 15 is 0 Å². The van der Waals surface area contributed by atoms with Crippen LogP contribution in [0.5, 0.6) is 0 Å². The van der Waals surface area contributed by atoms with Crippen LogP contribution in [0.4, 0.5) is 5.69 Å². The van der Waals surface area contributed by atoms with Gasteiger partial charge in [-0.1, -0.05) is 0 Å². The van der Waals surface area contributed by atoms with E-state index in [9.17, 15) is 14.9 Å². The number of nitrogens with zero attached hydrogens (tertiary/aromatic N) is 5. The van der Waals surface area contributed by atoms with Crippen LogP contribution in [0.1, 0.15) is 35.6 Å². The highest BCUT2D eigenvalue weighted by Crippen LogP contribution is 2.22. The molecule has 0 spiro atoms. The molecule has 9 nitrogen and oxygen atoms in total. The highest BCUT2D eigenvalue weighted by Gasteiger charge is 2.23. The lowest BCUT2D eigenvalue weighted by Crippen LogP contribution is -2.31. The van der Waals surface area contributed by atoms with Crippen molar-refractivity contribution in [3.8, 4) is 0 Å². The number of hydrogen-bond donors (Lipinski definition) is 1. The Labute approximate surface area is 133 Å². The van der Waals surface area contributed by atoms with Crippen LogP contribution in [-0.2, 0) is 18.4 Å². The van der Waals surface area contributed by atoms with E-state index < -0.39 is 4.92 Å². The van der Waals surface area contributed by atoms with Crippen molar-refractivity contribution >= 4 is 11.6 Å². The molecule has 0 fully saturated rings. The molecule has 2 aromatic heterocycles. The number of aryl methyl sites for hydroxylation is 2. The second-order valence-corrected chi connectivity index (χ2v) is 5.53. The fraction of sp³-hybridized carbons (Fsp3) is 0.500. The van der Waals surface area contributed by atoms with Gasteiger partial charge in [0, 0.05) is 18.3 Å². The standard InChI is InChI=1S/C14H20N6O3/c1-8(12-6-15-18(5)10(12)3)16-13(21)7-19-11(4)14(20(22)23)9(2)17-19/h6,8H,7H2,1-5H3,(H,16,21). The fourth-order valence-corrected chi connectivity index (χ4v) is 2.55. The lowest BCUT2D eigenvalue weighted by atomic mass is 10.1. The molecule has 124 valence electrons. The third kappa shape index (κ3) is 3.22. The van der Waals surface area contributed by atoms with E-state index in [0.717, 1.165) is 11.3 Å². The molecule has 1 N–H and O–H groups in total. The van der Waals surface area contributed by atoms with E-state index in [0.29, 0.717) is 11.4 Å². The zero-order valence-electron chi connectivity index (χ0n) is 13.8. The molecule has 0 radical (unpaired) electrons. The summed E-state index contributed by atoms with van der Waals surface area (Å²) in [4.78, 5) is 22.7. The first-order valence-corrected chi connectivity index (χ1v) is 7.18.